The van der Waals surface area contributed by atoms with Gasteiger partial charge in [-0.2, -0.15) is 0 Å². The van der Waals surface area contributed by atoms with Crippen molar-refractivity contribution in [1.29, 1.82) is 0 Å². The predicted octanol–water partition coefficient (Wildman–Crippen LogP) is 2.84. The molecule has 2 heterocycles. The van der Waals surface area contributed by atoms with Crippen molar-refractivity contribution in [3.63, 3.8) is 0 Å². The van der Waals surface area contributed by atoms with Crippen molar-refractivity contribution in [2.24, 2.45) is 0 Å². The van der Waals surface area contributed by atoms with Crippen LogP contribution in [0.2, 0.25) is 0 Å². The van der Waals surface area contributed by atoms with Crippen LogP contribution in [0.1, 0.15) is 20.8 Å². The highest BCUT2D eigenvalue weighted by Gasteiger charge is 2.11. The minimum atomic E-state index is 0.0458. The molecule has 0 aromatic carbocycles. The van der Waals surface area contributed by atoms with Crippen LogP contribution in [-0.2, 0) is 0 Å². The Morgan fingerprint density at radius 3 is 2.53 bits per heavy atom. The van der Waals surface area contributed by atoms with E-state index in [-0.39, 0.29) is 5.54 Å². The third kappa shape index (κ3) is 2.24. The maximum Gasteiger partial charge on any atom is 0.161 e. The molecule has 0 saturated carbocycles. The van der Waals surface area contributed by atoms with Crippen molar-refractivity contribution in [1.82, 2.24) is 9.97 Å². The standard InChI is InChI=1S/C12H15N3/c1-12(2,3)15-10-6-8-14-11-9(10)5-4-7-13-11/h4-8H,1-3H3,(H,13,14,15). The van der Waals surface area contributed by atoms with E-state index in [9.17, 15) is 0 Å². The second-order valence-corrected chi connectivity index (χ2v) is 4.61. The highest BCUT2D eigenvalue weighted by atomic mass is 15.0. The maximum atomic E-state index is 4.22. The molecule has 2 aromatic rings. The van der Waals surface area contributed by atoms with Gasteiger partial charge in [0.05, 0.1) is 0 Å². The highest BCUT2D eigenvalue weighted by Crippen LogP contribution is 2.22. The number of nitrogens with one attached hydrogen (secondary N) is 1. The number of rotatable bonds is 1. The summed E-state index contributed by atoms with van der Waals surface area (Å²) in [6.45, 7) is 6.40. The molecule has 0 saturated heterocycles. The molecule has 0 unspecified atom stereocenters. The first kappa shape index (κ1) is 9.90. The summed E-state index contributed by atoms with van der Waals surface area (Å²) in [6, 6.07) is 5.94. The van der Waals surface area contributed by atoms with Crippen molar-refractivity contribution in [2.75, 3.05) is 5.32 Å². The molecule has 78 valence electrons. The molecule has 15 heavy (non-hydrogen) atoms. The first-order valence-electron chi connectivity index (χ1n) is 5.04. The van der Waals surface area contributed by atoms with Gasteiger partial charge in [-0.1, -0.05) is 0 Å². The van der Waals surface area contributed by atoms with Crippen LogP contribution in [0, 0.1) is 0 Å². The van der Waals surface area contributed by atoms with Crippen molar-refractivity contribution < 1.29 is 0 Å². The van der Waals surface area contributed by atoms with E-state index in [1.807, 2.05) is 18.2 Å². The fraction of sp³-hybridized carbons (Fsp3) is 0.333. The smallest absolute Gasteiger partial charge is 0.161 e. The van der Waals surface area contributed by atoms with Crippen molar-refractivity contribution in [3.05, 3.63) is 30.6 Å². The summed E-state index contributed by atoms with van der Waals surface area (Å²) in [5.41, 5.74) is 1.91. The first-order valence-corrected chi connectivity index (χ1v) is 5.04. The van der Waals surface area contributed by atoms with Gasteiger partial charge >= 0.3 is 0 Å². The number of hydrogen-bond donors (Lipinski definition) is 1. The molecule has 0 aliphatic heterocycles. The van der Waals surface area contributed by atoms with Crippen LogP contribution in [0.3, 0.4) is 0 Å². The van der Waals surface area contributed by atoms with Gasteiger partial charge < -0.3 is 5.32 Å². The molecule has 0 radical (unpaired) electrons. The molecule has 0 spiro atoms. The van der Waals surface area contributed by atoms with Gasteiger partial charge in [0.1, 0.15) is 0 Å². The summed E-state index contributed by atoms with van der Waals surface area (Å²) in [6.07, 6.45) is 3.54. The number of nitrogens with zero attached hydrogens (tertiary/aromatic N) is 2. The van der Waals surface area contributed by atoms with E-state index >= 15 is 0 Å². The number of pyridine rings is 2. The zero-order valence-electron chi connectivity index (χ0n) is 9.28. The lowest BCUT2D eigenvalue weighted by Crippen LogP contribution is -2.26. The Balaban J connectivity index is 2.52. The first-order chi connectivity index (χ1) is 7.06. The van der Waals surface area contributed by atoms with Gasteiger partial charge in [0.25, 0.3) is 0 Å². The Hall–Kier alpha value is -1.64. The third-order valence-electron chi connectivity index (χ3n) is 2.02. The van der Waals surface area contributed by atoms with E-state index in [0.717, 1.165) is 16.7 Å². The average molecular weight is 201 g/mol. The molecular formula is C12H15N3. The summed E-state index contributed by atoms with van der Waals surface area (Å²) >= 11 is 0. The van der Waals surface area contributed by atoms with Gasteiger partial charge in [-0.25, -0.2) is 9.97 Å². The van der Waals surface area contributed by atoms with Crippen LogP contribution in [0.4, 0.5) is 5.69 Å². The number of aromatic nitrogens is 2. The molecule has 1 N–H and O–H groups in total. The molecule has 0 amide bonds. The second kappa shape index (κ2) is 3.50. The van der Waals surface area contributed by atoms with E-state index in [1.54, 1.807) is 12.4 Å². The molecule has 3 nitrogen and oxygen atoms in total. The van der Waals surface area contributed by atoms with E-state index in [2.05, 4.69) is 36.1 Å². The van der Waals surface area contributed by atoms with E-state index in [0.29, 0.717) is 0 Å². The van der Waals surface area contributed by atoms with Crippen LogP contribution in [0.5, 0.6) is 0 Å². The molecule has 0 fully saturated rings. The van der Waals surface area contributed by atoms with Gasteiger partial charge in [-0.3, -0.25) is 0 Å². The van der Waals surface area contributed by atoms with E-state index in [1.165, 1.54) is 0 Å². The molecule has 0 aliphatic carbocycles. The van der Waals surface area contributed by atoms with Crippen LogP contribution < -0.4 is 5.32 Å². The Labute approximate surface area is 89.6 Å². The highest BCUT2D eigenvalue weighted by molar-refractivity contribution is 5.88. The molecule has 2 aromatic heterocycles. The van der Waals surface area contributed by atoms with Crippen LogP contribution in [0.25, 0.3) is 11.0 Å². The summed E-state index contributed by atoms with van der Waals surface area (Å²) in [5.74, 6) is 0. The molecule has 0 atom stereocenters. The normalized spacial score (nSPS) is 11.7. The molecule has 3 heteroatoms. The molecule has 2 rings (SSSR count). The van der Waals surface area contributed by atoms with Gasteiger partial charge in [-0.05, 0) is 39.0 Å². The van der Waals surface area contributed by atoms with Crippen molar-refractivity contribution >= 4 is 16.7 Å². The Kier molecular flexibility index (Phi) is 2.31. The quantitative estimate of drug-likeness (QED) is 0.771. The zero-order valence-corrected chi connectivity index (χ0v) is 9.28. The summed E-state index contributed by atoms with van der Waals surface area (Å²) in [7, 11) is 0. The summed E-state index contributed by atoms with van der Waals surface area (Å²) < 4.78 is 0. The van der Waals surface area contributed by atoms with Crippen molar-refractivity contribution in [3.8, 4) is 0 Å². The summed E-state index contributed by atoms with van der Waals surface area (Å²) in [5, 5.41) is 4.51. The van der Waals surface area contributed by atoms with Crippen LogP contribution in [-0.4, -0.2) is 15.5 Å². The molecule has 0 aliphatic rings. The number of fused-ring (bicyclic) bond motifs is 1. The number of anilines is 1. The number of hydrogen-bond acceptors (Lipinski definition) is 3. The van der Waals surface area contributed by atoms with E-state index in [4.69, 9.17) is 0 Å². The van der Waals surface area contributed by atoms with Crippen LogP contribution in [0.15, 0.2) is 30.6 Å². The van der Waals surface area contributed by atoms with Crippen LogP contribution >= 0.6 is 0 Å². The zero-order chi connectivity index (χ0) is 10.9. The third-order valence-corrected chi connectivity index (χ3v) is 2.02. The fourth-order valence-electron chi connectivity index (χ4n) is 1.50. The van der Waals surface area contributed by atoms with Gasteiger partial charge in [0.15, 0.2) is 5.65 Å². The fourth-order valence-corrected chi connectivity index (χ4v) is 1.50. The maximum absolute atomic E-state index is 4.22. The predicted molar refractivity (Wildman–Crippen MR) is 62.9 cm³/mol. The lowest BCUT2D eigenvalue weighted by Gasteiger charge is -2.22. The average Bonchev–Trinajstić information content (AvgIpc) is 2.16. The van der Waals surface area contributed by atoms with Gasteiger partial charge in [0.2, 0.25) is 0 Å². The van der Waals surface area contributed by atoms with Crippen molar-refractivity contribution in [2.45, 2.75) is 26.3 Å². The topological polar surface area (TPSA) is 37.8 Å². The van der Waals surface area contributed by atoms with Gasteiger partial charge in [-0.15, -0.1) is 0 Å². The lowest BCUT2D eigenvalue weighted by molar-refractivity contribution is 0.635. The summed E-state index contributed by atoms with van der Waals surface area (Å²) in [4.78, 5) is 8.44. The Morgan fingerprint density at radius 2 is 1.80 bits per heavy atom. The minimum absolute atomic E-state index is 0.0458. The SMILES string of the molecule is CC(C)(C)Nc1ccnc2ncccc12. The monoisotopic (exact) mass is 201 g/mol. The lowest BCUT2D eigenvalue weighted by atomic mass is 10.1. The second-order valence-electron chi connectivity index (χ2n) is 4.61. The minimum Gasteiger partial charge on any atom is -0.380 e. The van der Waals surface area contributed by atoms with E-state index < -0.39 is 0 Å². The molecular weight excluding hydrogens is 186 g/mol. The Morgan fingerprint density at radius 1 is 1.07 bits per heavy atom. The van der Waals surface area contributed by atoms with Gasteiger partial charge in [0, 0.05) is 29.0 Å². The largest absolute Gasteiger partial charge is 0.380 e. The Bertz CT molecular complexity index is 466. The molecule has 0 bridgehead atoms.